The number of alkyl halides is 2. The first-order valence-electron chi connectivity index (χ1n) is 9.92. The van der Waals surface area contributed by atoms with Crippen molar-refractivity contribution in [3.8, 4) is 0 Å². The lowest BCUT2D eigenvalue weighted by molar-refractivity contribution is -0.172. The van der Waals surface area contributed by atoms with E-state index in [9.17, 15) is 31.9 Å². The maximum atomic E-state index is 14.9. The number of anilines is 2. The third-order valence-electron chi connectivity index (χ3n) is 4.99. The molecule has 2 aliphatic rings. The van der Waals surface area contributed by atoms with E-state index in [1.807, 2.05) is 5.32 Å². The van der Waals surface area contributed by atoms with Crippen molar-refractivity contribution >= 4 is 29.3 Å². The van der Waals surface area contributed by atoms with Crippen molar-refractivity contribution in [3.05, 3.63) is 23.8 Å². The van der Waals surface area contributed by atoms with Crippen LogP contribution in [0.3, 0.4) is 0 Å². The molecule has 2 amide bonds. The van der Waals surface area contributed by atoms with E-state index >= 15 is 0 Å². The van der Waals surface area contributed by atoms with E-state index < -0.39 is 42.1 Å². The molecule has 0 radical (unpaired) electrons. The van der Waals surface area contributed by atoms with Crippen LogP contribution in [0.2, 0.25) is 0 Å². The van der Waals surface area contributed by atoms with Crippen LogP contribution < -0.4 is 15.1 Å². The summed E-state index contributed by atoms with van der Waals surface area (Å²) in [5, 5.41) is 3.26. The molecule has 2 fully saturated rings. The third kappa shape index (κ3) is 6.01. The molecule has 1 aromatic rings. The number of halogens is 4. The van der Waals surface area contributed by atoms with Crippen LogP contribution in [0, 0.1) is 11.6 Å². The monoisotopic (exact) mass is 478 g/mol. The van der Waals surface area contributed by atoms with Crippen LogP contribution in [0.5, 0.6) is 0 Å². The Morgan fingerprint density at radius 3 is 2.55 bits per heavy atom. The summed E-state index contributed by atoms with van der Waals surface area (Å²) in [6.45, 7) is -0.151. The number of hydrogen-bond acceptors (Lipinski definition) is 8. The summed E-state index contributed by atoms with van der Waals surface area (Å²) in [5.74, 6) is -3.91. The molecule has 1 atom stereocenters. The Labute approximate surface area is 185 Å². The molecule has 1 N–H and O–H groups in total. The normalized spacial score (nSPS) is 19.5. The predicted molar refractivity (Wildman–Crippen MR) is 105 cm³/mol. The van der Waals surface area contributed by atoms with E-state index in [0.29, 0.717) is 0 Å². The molecule has 0 saturated carbocycles. The van der Waals surface area contributed by atoms with Crippen LogP contribution in [0.4, 0.5) is 33.7 Å². The van der Waals surface area contributed by atoms with Crippen molar-refractivity contribution in [1.82, 2.24) is 10.4 Å². The number of hydroxylamine groups is 2. The highest BCUT2D eigenvalue weighted by molar-refractivity contribution is 5.90. The van der Waals surface area contributed by atoms with Gasteiger partial charge in [-0.3, -0.25) is 19.3 Å². The number of methoxy groups -OCH3 is 1. The Kier molecular flexibility index (Phi) is 7.92. The molecule has 182 valence electrons. The Morgan fingerprint density at radius 1 is 1.21 bits per heavy atom. The summed E-state index contributed by atoms with van der Waals surface area (Å²) in [6, 6.07) is 1.91. The predicted octanol–water partition coefficient (Wildman–Crippen LogP) is 0.898. The van der Waals surface area contributed by atoms with Crippen molar-refractivity contribution in [3.63, 3.8) is 0 Å². The zero-order valence-electron chi connectivity index (χ0n) is 17.6. The van der Waals surface area contributed by atoms with Crippen LogP contribution in [-0.2, 0) is 23.9 Å². The van der Waals surface area contributed by atoms with Gasteiger partial charge in [0.25, 0.3) is 5.91 Å². The number of nitrogens with zero attached hydrogens (tertiary/aromatic N) is 3. The van der Waals surface area contributed by atoms with E-state index in [-0.39, 0.29) is 57.3 Å². The second kappa shape index (κ2) is 10.7. The van der Waals surface area contributed by atoms with Gasteiger partial charge in [-0.25, -0.2) is 13.6 Å². The first-order valence-corrected chi connectivity index (χ1v) is 9.92. The molecule has 14 heteroatoms. The van der Waals surface area contributed by atoms with Crippen molar-refractivity contribution in [1.29, 1.82) is 0 Å². The molecule has 0 bridgehead atoms. The van der Waals surface area contributed by atoms with Crippen LogP contribution in [-0.4, -0.2) is 88.5 Å². The average Bonchev–Trinajstić information content (AvgIpc) is 2.99. The lowest BCUT2D eigenvalue weighted by Gasteiger charge is -2.24. The smallest absolute Gasteiger partial charge is 0.414 e. The molecule has 0 aromatic heterocycles. The number of cyclic esters (lactones) is 1. The fourth-order valence-corrected chi connectivity index (χ4v) is 3.39. The number of carbonyl (C=O) groups is 3. The Hall–Kier alpha value is -3.13. The number of nitrogens with one attached hydrogen (secondary N) is 1. The van der Waals surface area contributed by atoms with Crippen molar-refractivity contribution in [2.45, 2.75) is 12.5 Å². The summed E-state index contributed by atoms with van der Waals surface area (Å²) in [5.41, 5.74) is -0.449. The molecule has 3 rings (SSSR count). The van der Waals surface area contributed by atoms with Gasteiger partial charge in [0.1, 0.15) is 18.3 Å². The minimum atomic E-state index is -3.22. The number of amides is 2. The second-order valence-corrected chi connectivity index (χ2v) is 7.18. The molecule has 33 heavy (non-hydrogen) atoms. The molecule has 0 aliphatic carbocycles. The number of rotatable bonds is 7. The van der Waals surface area contributed by atoms with Gasteiger partial charge in [0.05, 0.1) is 32.5 Å². The molecule has 2 heterocycles. The molecule has 2 saturated heterocycles. The molecular formula is C19H22F4N4O6. The highest BCUT2D eigenvalue weighted by Gasteiger charge is 2.34. The number of esters is 1. The van der Waals surface area contributed by atoms with Gasteiger partial charge in [0, 0.05) is 31.8 Å². The van der Waals surface area contributed by atoms with E-state index in [0.717, 1.165) is 17.0 Å². The molecule has 0 unspecified atom stereocenters. The number of benzene rings is 1. The molecule has 1 aromatic carbocycles. The average molecular weight is 478 g/mol. The number of hydrogen-bond donors (Lipinski definition) is 1. The van der Waals surface area contributed by atoms with Gasteiger partial charge in [0.2, 0.25) is 0 Å². The topological polar surface area (TPSA) is 101 Å². The summed E-state index contributed by atoms with van der Waals surface area (Å²) < 4.78 is 63.8. The van der Waals surface area contributed by atoms with Gasteiger partial charge in [-0.1, -0.05) is 0 Å². The minimum absolute atomic E-state index is 0.0715. The quantitative estimate of drug-likeness (QED) is 0.456. The zero-order valence-corrected chi connectivity index (χ0v) is 17.6. The van der Waals surface area contributed by atoms with Crippen LogP contribution >= 0.6 is 0 Å². The minimum Gasteiger partial charge on any atom is -0.468 e. The SMILES string of the molecule is COC(=O)CN1CCN(c2c(F)cc(N3C[C@H](CNC(=O)C(F)F)OC3=O)cc2F)CCO1. The van der Waals surface area contributed by atoms with Gasteiger partial charge in [-0.2, -0.15) is 13.8 Å². The molecule has 0 spiro atoms. The largest absolute Gasteiger partial charge is 0.468 e. The third-order valence-corrected chi connectivity index (χ3v) is 4.99. The van der Waals surface area contributed by atoms with Gasteiger partial charge < -0.3 is 19.7 Å². The van der Waals surface area contributed by atoms with E-state index in [1.165, 1.54) is 17.1 Å². The van der Waals surface area contributed by atoms with Crippen LogP contribution in [0.25, 0.3) is 0 Å². The summed E-state index contributed by atoms with van der Waals surface area (Å²) in [6.07, 6.45) is -5.11. The van der Waals surface area contributed by atoms with Crippen molar-refractivity contribution in [2.24, 2.45) is 0 Å². The Balaban J connectivity index is 1.67. The van der Waals surface area contributed by atoms with Crippen LogP contribution in [0.1, 0.15) is 0 Å². The maximum Gasteiger partial charge on any atom is 0.414 e. The second-order valence-electron chi connectivity index (χ2n) is 7.18. The van der Waals surface area contributed by atoms with Crippen LogP contribution in [0.15, 0.2) is 12.1 Å². The number of ether oxygens (including phenoxy) is 2. The fourth-order valence-electron chi connectivity index (χ4n) is 3.39. The standard InChI is InChI=1S/C19H22F4N4O6/c1-31-15(28)10-26-3-2-25(4-5-32-26)16-13(20)6-11(7-14(16)21)27-9-12(33-19(27)30)8-24-18(29)17(22)23/h6-7,12,17H,2-5,8-10H2,1H3,(H,24,29)/t12-/m0/s1. The molecule has 10 nitrogen and oxygen atoms in total. The number of carbonyl (C=O) groups excluding carboxylic acids is 3. The Bertz CT molecular complexity index is 882. The van der Waals surface area contributed by atoms with E-state index in [2.05, 4.69) is 4.74 Å². The molecule has 2 aliphatic heterocycles. The van der Waals surface area contributed by atoms with Gasteiger partial charge in [-0.15, -0.1) is 0 Å². The zero-order chi connectivity index (χ0) is 24.1. The maximum absolute atomic E-state index is 14.9. The Morgan fingerprint density at radius 2 is 1.91 bits per heavy atom. The lowest BCUT2D eigenvalue weighted by Crippen LogP contribution is -2.37. The summed E-state index contributed by atoms with van der Waals surface area (Å²) >= 11 is 0. The first kappa shape index (κ1) is 24.5. The first-order chi connectivity index (χ1) is 15.7. The highest BCUT2D eigenvalue weighted by Crippen LogP contribution is 2.31. The van der Waals surface area contributed by atoms with Gasteiger partial charge in [0.15, 0.2) is 11.6 Å². The molecular weight excluding hydrogens is 456 g/mol. The summed E-state index contributed by atoms with van der Waals surface area (Å²) in [4.78, 5) is 42.2. The van der Waals surface area contributed by atoms with E-state index in [4.69, 9.17) is 9.57 Å². The van der Waals surface area contributed by atoms with E-state index in [1.54, 1.807) is 0 Å². The van der Waals surface area contributed by atoms with Crippen molar-refractivity contribution < 1.29 is 46.3 Å². The highest BCUT2D eigenvalue weighted by atomic mass is 19.3. The van der Waals surface area contributed by atoms with Gasteiger partial charge in [-0.05, 0) is 0 Å². The van der Waals surface area contributed by atoms with Gasteiger partial charge >= 0.3 is 18.5 Å². The summed E-state index contributed by atoms with van der Waals surface area (Å²) in [7, 11) is 1.23. The fraction of sp³-hybridized carbons (Fsp3) is 0.526. The lowest BCUT2D eigenvalue weighted by atomic mass is 10.2. The van der Waals surface area contributed by atoms with Crippen molar-refractivity contribution in [2.75, 3.05) is 62.8 Å².